The van der Waals surface area contributed by atoms with Crippen LogP contribution in [0.1, 0.15) is 31.7 Å². The number of hydrogen-bond donors (Lipinski definition) is 1. The molecule has 0 aliphatic carbocycles. The van der Waals surface area contributed by atoms with Crippen molar-refractivity contribution < 1.29 is 4.79 Å². The van der Waals surface area contributed by atoms with Gasteiger partial charge in [-0.15, -0.1) is 0 Å². The third-order valence-electron chi connectivity index (χ3n) is 3.44. The largest absolute Gasteiger partial charge is 0.340 e. The van der Waals surface area contributed by atoms with Crippen molar-refractivity contribution in [3.05, 3.63) is 22.4 Å². The van der Waals surface area contributed by atoms with Gasteiger partial charge >= 0.3 is 0 Å². The molecule has 0 saturated carbocycles. The van der Waals surface area contributed by atoms with Gasteiger partial charge in [-0.2, -0.15) is 11.3 Å². The van der Waals surface area contributed by atoms with Crippen LogP contribution < -0.4 is 5.73 Å². The minimum absolute atomic E-state index is 0.269. The zero-order valence-electron chi connectivity index (χ0n) is 10.3. The summed E-state index contributed by atoms with van der Waals surface area (Å²) < 4.78 is 0. The van der Waals surface area contributed by atoms with E-state index in [1.165, 1.54) is 5.56 Å². The van der Waals surface area contributed by atoms with Gasteiger partial charge in [0.2, 0.25) is 5.91 Å². The van der Waals surface area contributed by atoms with Crippen molar-refractivity contribution in [2.45, 2.75) is 44.7 Å². The second-order valence-electron chi connectivity index (χ2n) is 4.85. The van der Waals surface area contributed by atoms with E-state index in [-0.39, 0.29) is 11.9 Å². The third kappa shape index (κ3) is 3.30. The molecule has 94 valence electrons. The van der Waals surface area contributed by atoms with Crippen molar-refractivity contribution in [2.75, 3.05) is 6.54 Å². The average molecular weight is 252 g/mol. The summed E-state index contributed by atoms with van der Waals surface area (Å²) in [5.74, 6) is 0.274. The van der Waals surface area contributed by atoms with E-state index in [9.17, 15) is 4.79 Å². The fourth-order valence-corrected chi connectivity index (χ4v) is 3.11. The Morgan fingerprint density at radius 1 is 1.65 bits per heavy atom. The Kier molecular flexibility index (Phi) is 4.18. The first kappa shape index (κ1) is 12.6. The van der Waals surface area contributed by atoms with E-state index >= 15 is 0 Å². The number of likely N-dealkylation sites (tertiary alicyclic amines) is 1. The number of nitrogens with zero attached hydrogens (tertiary/aromatic N) is 1. The van der Waals surface area contributed by atoms with Gasteiger partial charge in [-0.05, 0) is 48.6 Å². The lowest BCUT2D eigenvalue weighted by atomic mass is 9.98. The molecule has 1 aliphatic rings. The molecule has 1 fully saturated rings. The standard InChI is InChI=1S/C13H20N2OS/c1-10-8-12(14)4-6-15(10)13(16)3-2-11-5-7-17-9-11/h5,7,9-10,12H,2-4,6,8,14H2,1H3. The van der Waals surface area contributed by atoms with Crippen LogP contribution in [0.25, 0.3) is 0 Å². The molecule has 1 aromatic rings. The minimum Gasteiger partial charge on any atom is -0.340 e. The summed E-state index contributed by atoms with van der Waals surface area (Å²) in [5, 5.41) is 4.17. The van der Waals surface area contributed by atoms with E-state index in [0.717, 1.165) is 25.8 Å². The number of carbonyl (C=O) groups is 1. The van der Waals surface area contributed by atoms with Crippen molar-refractivity contribution in [1.82, 2.24) is 4.90 Å². The number of nitrogens with two attached hydrogens (primary N) is 1. The van der Waals surface area contributed by atoms with Gasteiger partial charge in [0.1, 0.15) is 0 Å². The number of amides is 1. The van der Waals surface area contributed by atoms with Crippen molar-refractivity contribution in [2.24, 2.45) is 5.73 Å². The van der Waals surface area contributed by atoms with Crippen LogP contribution in [0.5, 0.6) is 0 Å². The van der Waals surface area contributed by atoms with Gasteiger partial charge in [0, 0.05) is 25.0 Å². The number of thiophene rings is 1. The normalized spacial score (nSPS) is 24.9. The molecule has 0 bridgehead atoms. The molecule has 0 aromatic carbocycles. The van der Waals surface area contributed by atoms with Gasteiger partial charge in [0.25, 0.3) is 0 Å². The van der Waals surface area contributed by atoms with Crippen LogP contribution in [-0.4, -0.2) is 29.4 Å². The summed E-state index contributed by atoms with van der Waals surface area (Å²) in [6, 6.07) is 2.66. The van der Waals surface area contributed by atoms with E-state index in [2.05, 4.69) is 23.8 Å². The highest BCUT2D eigenvalue weighted by atomic mass is 32.1. The summed E-state index contributed by atoms with van der Waals surface area (Å²) in [5.41, 5.74) is 7.17. The summed E-state index contributed by atoms with van der Waals surface area (Å²) in [4.78, 5) is 14.1. The topological polar surface area (TPSA) is 46.3 Å². The first-order valence-corrected chi connectivity index (χ1v) is 7.17. The maximum absolute atomic E-state index is 12.1. The molecular formula is C13H20N2OS. The van der Waals surface area contributed by atoms with Crippen molar-refractivity contribution in [3.63, 3.8) is 0 Å². The fourth-order valence-electron chi connectivity index (χ4n) is 2.41. The SMILES string of the molecule is CC1CC(N)CCN1C(=O)CCc1ccsc1. The van der Waals surface area contributed by atoms with Gasteiger partial charge in [-0.3, -0.25) is 4.79 Å². The molecule has 1 aromatic heterocycles. The Morgan fingerprint density at radius 2 is 2.47 bits per heavy atom. The molecule has 2 N–H and O–H groups in total. The first-order chi connectivity index (χ1) is 8.16. The van der Waals surface area contributed by atoms with Crippen LogP contribution in [0.2, 0.25) is 0 Å². The molecule has 2 heterocycles. The van der Waals surface area contributed by atoms with Crippen molar-refractivity contribution in [3.8, 4) is 0 Å². The molecule has 2 unspecified atom stereocenters. The Balaban J connectivity index is 1.83. The van der Waals surface area contributed by atoms with E-state index < -0.39 is 0 Å². The zero-order chi connectivity index (χ0) is 12.3. The number of rotatable bonds is 3. The fraction of sp³-hybridized carbons (Fsp3) is 0.615. The molecule has 3 nitrogen and oxygen atoms in total. The number of hydrogen-bond acceptors (Lipinski definition) is 3. The van der Waals surface area contributed by atoms with Crippen LogP contribution >= 0.6 is 11.3 Å². The van der Waals surface area contributed by atoms with Crippen LogP contribution in [0.4, 0.5) is 0 Å². The second-order valence-corrected chi connectivity index (χ2v) is 5.63. The Hall–Kier alpha value is -0.870. The van der Waals surface area contributed by atoms with E-state index in [0.29, 0.717) is 12.5 Å². The molecule has 2 rings (SSSR count). The number of piperidine rings is 1. The summed E-state index contributed by atoms with van der Waals surface area (Å²) in [7, 11) is 0. The zero-order valence-corrected chi connectivity index (χ0v) is 11.1. The average Bonchev–Trinajstić information content (AvgIpc) is 2.78. The van der Waals surface area contributed by atoms with E-state index in [1.807, 2.05) is 4.90 Å². The number of carbonyl (C=O) groups excluding carboxylic acids is 1. The van der Waals surface area contributed by atoms with Crippen molar-refractivity contribution >= 4 is 17.2 Å². The smallest absolute Gasteiger partial charge is 0.223 e. The highest BCUT2D eigenvalue weighted by Gasteiger charge is 2.26. The van der Waals surface area contributed by atoms with Gasteiger partial charge in [0.05, 0.1) is 0 Å². The molecule has 17 heavy (non-hydrogen) atoms. The van der Waals surface area contributed by atoms with Crippen LogP contribution in [0.3, 0.4) is 0 Å². The Morgan fingerprint density at radius 3 is 3.12 bits per heavy atom. The Bertz CT molecular complexity index is 364. The van der Waals surface area contributed by atoms with Gasteiger partial charge in [-0.25, -0.2) is 0 Å². The molecule has 1 saturated heterocycles. The summed E-state index contributed by atoms with van der Waals surface area (Å²) in [6.45, 7) is 2.92. The maximum atomic E-state index is 12.1. The van der Waals surface area contributed by atoms with Crippen LogP contribution in [0.15, 0.2) is 16.8 Å². The Labute approximate surface area is 107 Å². The highest BCUT2D eigenvalue weighted by Crippen LogP contribution is 2.18. The van der Waals surface area contributed by atoms with Crippen LogP contribution in [0, 0.1) is 0 Å². The lowest BCUT2D eigenvalue weighted by molar-refractivity contribution is -0.134. The monoisotopic (exact) mass is 252 g/mol. The molecule has 0 spiro atoms. The predicted molar refractivity (Wildman–Crippen MR) is 71.0 cm³/mol. The predicted octanol–water partition coefficient (Wildman–Crippen LogP) is 2.02. The van der Waals surface area contributed by atoms with E-state index in [4.69, 9.17) is 5.73 Å². The third-order valence-corrected chi connectivity index (χ3v) is 4.18. The van der Waals surface area contributed by atoms with Crippen molar-refractivity contribution in [1.29, 1.82) is 0 Å². The lowest BCUT2D eigenvalue weighted by Crippen LogP contribution is -2.48. The van der Waals surface area contributed by atoms with Crippen LogP contribution in [-0.2, 0) is 11.2 Å². The molecule has 0 radical (unpaired) electrons. The lowest BCUT2D eigenvalue weighted by Gasteiger charge is -2.36. The maximum Gasteiger partial charge on any atom is 0.223 e. The molecule has 1 aliphatic heterocycles. The summed E-state index contributed by atoms with van der Waals surface area (Å²) >= 11 is 1.69. The van der Waals surface area contributed by atoms with Gasteiger partial charge in [-0.1, -0.05) is 0 Å². The summed E-state index contributed by atoms with van der Waals surface area (Å²) in [6.07, 6.45) is 3.35. The van der Waals surface area contributed by atoms with Gasteiger partial charge in [0.15, 0.2) is 0 Å². The van der Waals surface area contributed by atoms with E-state index in [1.54, 1.807) is 11.3 Å². The molecular weight excluding hydrogens is 232 g/mol. The molecule has 4 heteroatoms. The molecule has 1 amide bonds. The number of aryl methyl sites for hydroxylation is 1. The minimum atomic E-state index is 0.269. The highest BCUT2D eigenvalue weighted by molar-refractivity contribution is 7.07. The quantitative estimate of drug-likeness (QED) is 0.894. The second kappa shape index (κ2) is 5.65. The molecule has 2 atom stereocenters. The first-order valence-electron chi connectivity index (χ1n) is 6.23. The van der Waals surface area contributed by atoms with Gasteiger partial charge < -0.3 is 10.6 Å².